The third kappa shape index (κ3) is 4.84. The molecule has 2 aromatic rings. The van der Waals surface area contributed by atoms with Gasteiger partial charge in [0, 0.05) is 51.4 Å². The minimum absolute atomic E-state index is 0.166. The highest BCUT2D eigenvalue weighted by Crippen LogP contribution is 2.24. The van der Waals surface area contributed by atoms with Gasteiger partial charge in [0.2, 0.25) is 15.9 Å². The van der Waals surface area contributed by atoms with Crippen LogP contribution in [0.2, 0.25) is 0 Å². The summed E-state index contributed by atoms with van der Waals surface area (Å²) >= 11 is 0. The number of sulfonamides is 1. The predicted molar refractivity (Wildman–Crippen MR) is 127 cm³/mol. The molecule has 4 rings (SSSR count). The van der Waals surface area contributed by atoms with Crippen LogP contribution in [0.1, 0.15) is 36.0 Å². The first-order valence-electron chi connectivity index (χ1n) is 11.5. The standard InChI is InChI=1S/C25H33N3O3S/c1-20-6-5-7-24(21(20)2)26-16-18-27(19-17-26)25(29)13-10-22-8-11-23(12-9-22)32(30,31)28-14-3-4-15-28/h5-9,11-12H,3-4,10,13-19H2,1-2H3. The van der Waals surface area contributed by atoms with Crippen molar-refractivity contribution in [1.82, 2.24) is 9.21 Å². The van der Waals surface area contributed by atoms with Crippen molar-refractivity contribution in [3.63, 3.8) is 0 Å². The molecule has 2 aromatic carbocycles. The van der Waals surface area contributed by atoms with Crippen molar-refractivity contribution in [2.45, 2.75) is 44.4 Å². The van der Waals surface area contributed by atoms with Crippen LogP contribution in [0.15, 0.2) is 47.4 Å². The lowest BCUT2D eigenvalue weighted by Crippen LogP contribution is -2.49. The Labute approximate surface area is 191 Å². The lowest BCUT2D eigenvalue weighted by Gasteiger charge is -2.37. The van der Waals surface area contributed by atoms with Crippen LogP contribution in [-0.2, 0) is 21.2 Å². The molecule has 0 aromatic heterocycles. The Morgan fingerprint density at radius 1 is 0.875 bits per heavy atom. The Balaban J connectivity index is 1.28. The van der Waals surface area contributed by atoms with Crippen molar-refractivity contribution in [2.75, 3.05) is 44.2 Å². The maximum atomic E-state index is 12.7. The molecule has 0 bridgehead atoms. The van der Waals surface area contributed by atoms with Crippen LogP contribution in [0.4, 0.5) is 5.69 Å². The molecule has 0 radical (unpaired) electrons. The van der Waals surface area contributed by atoms with Crippen LogP contribution < -0.4 is 4.90 Å². The van der Waals surface area contributed by atoms with Crippen molar-refractivity contribution in [2.24, 2.45) is 0 Å². The molecular weight excluding hydrogens is 422 g/mol. The van der Waals surface area contributed by atoms with E-state index < -0.39 is 10.0 Å². The average Bonchev–Trinajstić information content (AvgIpc) is 3.36. The SMILES string of the molecule is Cc1cccc(N2CCN(C(=O)CCc3ccc(S(=O)(=O)N4CCCC4)cc3)CC2)c1C. The molecule has 0 saturated carbocycles. The van der Waals surface area contributed by atoms with Crippen LogP contribution in [0.25, 0.3) is 0 Å². The van der Waals surface area contributed by atoms with E-state index in [9.17, 15) is 13.2 Å². The van der Waals surface area contributed by atoms with Crippen molar-refractivity contribution in [3.8, 4) is 0 Å². The van der Waals surface area contributed by atoms with E-state index in [1.54, 1.807) is 16.4 Å². The van der Waals surface area contributed by atoms with E-state index in [4.69, 9.17) is 0 Å². The van der Waals surface area contributed by atoms with E-state index >= 15 is 0 Å². The number of aryl methyl sites for hydroxylation is 2. The van der Waals surface area contributed by atoms with Gasteiger partial charge in [-0.15, -0.1) is 0 Å². The number of rotatable bonds is 6. The minimum Gasteiger partial charge on any atom is -0.368 e. The number of carbonyl (C=O) groups excluding carboxylic acids is 1. The Morgan fingerprint density at radius 2 is 1.53 bits per heavy atom. The second-order valence-electron chi connectivity index (χ2n) is 8.84. The van der Waals surface area contributed by atoms with Crippen LogP contribution in [0, 0.1) is 13.8 Å². The lowest BCUT2D eigenvalue weighted by molar-refractivity contribution is -0.131. The van der Waals surface area contributed by atoms with Gasteiger partial charge in [-0.05, 0) is 68.0 Å². The van der Waals surface area contributed by atoms with E-state index in [0.29, 0.717) is 30.8 Å². The molecule has 6 nitrogen and oxygen atoms in total. The topological polar surface area (TPSA) is 60.9 Å². The lowest BCUT2D eigenvalue weighted by atomic mass is 10.1. The molecule has 32 heavy (non-hydrogen) atoms. The van der Waals surface area contributed by atoms with Crippen molar-refractivity contribution in [3.05, 3.63) is 59.2 Å². The summed E-state index contributed by atoms with van der Waals surface area (Å²) in [5.74, 6) is 0.166. The van der Waals surface area contributed by atoms with Gasteiger partial charge in [-0.2, -0.15) is 4.31 Å². The van der Waals surface area contributed by atoms with Gasteiger partial charge in [0.05, 0.1) is 4.90 Å². The van der Waals surface area contributed by atoms with Gasteiger partial charge in [-0.3, -0.25) is 4.79 Å². The fourth-order valence-corrected chi connectivity index (χ4v) is 6.11. The number of benzene rings is 2. The van der Waals surface area contributed by atoms with Gasteiger partial charge in [-0.25, -0.2) is 8.42 Å². The molecule has 2 aliphatic heterocycles. The van der Waals surface area contributed by atoms with Gasteiger partial charge >= 0.3 is 0 Å². The second-order valence-corrected chi connectivity index (χ2v) is 10.8. The minimum atomic E-state index is -3.38. The highest BCUT2D eigenvalue weighted by atomic mass is 32.2. The van der Waals surface area contributed by atoms with Crippen LogP contribution >= 0.6 is 0 Å². The van der Waals surface area contributed by atoms with Crippen molar-refractivity contribution < 1.29 is 13.2 Å². The molecule has 7 heteroatoms. The number of anilines is 1. The Morgan fingerprint density at radius 3 is 2.19 bits per heavy atom. The number of hydrogen-bond donors (Lipinski definition) is 0. The number of nitrogens with zero attached hydrogens (tertiary/aromatic N) is 3. The van der Waals surface area contributed by atoms with Crippen LogP contribution in [0.5, 0.6) is 0 Å². The predicted octanol–water partition coefficient (Wildman–Crippen LogP) is 3.37. The molecule has 2 saturated heterocycles. The molecule has 0 spiro atoms. The highest BCUT2D eigenvalue weighted by molar-refractivity contribution is 7.89. The summed E-state index contributed by atoms with van der Waals surface area (Å²) in [5.41, 5.74) is 4.86. The van der Waals surface area contributed by atoms with E-state index in [2.05, 4.69) is 36.9 Å². The molecule has 1 amide bonds. The first-order valence-corrected chi connectivity index (χ1v) is 13.0. The molecule has 0 atom stereocenters. The summed E-state index contributed by atoms with van der Waals surface area (Å²) in [6.07, 6.45) is 2.93. The summed E-state index contributed by atoms with van der Waals surface area (Å²) in [5, 5.41) is 0. The smallest absolute Gasteiger partial charge is 0.243 e. The van der Waals surface area contributed by atoms with Gasteiger partial charge in [0.1, 0.15) is 0 Å². The summed E-state index contributed by atoms with van der Waals surface area (Å²) in [4.78, 5) is 17.4. The number of carbonyl (C=O) groups is 1. The highest BCUT2D eigenvalue weighted by Gasteiger charge is 2.27. The quantitative estimate of drug-likeness (QED) is 0.670. The van der Waals surface area contributed by atoms with E-state index in [1.807, 2.05) is 17.0 Å². The van der Waals surface area contributed by atoms with Gasteiger partial charge in [-0.1, -0.05) is 24.3 Å². The zero-order valence-corrected chi connectivity index (χ0v) is 19.9. The molecule has 2 aliphatic rings. The van der Waals surface area contributed by atoms with E-state index in [0.717, 1.165) is 44.6 Å². The normalized spacial score (nSPS) is 17.7. The Bertz CT molecular complexity index is 1050. The van der Waals surface area contributed by atoms with Gasteiger partial charge in [0.25, 0.3) is 0 Å². The maximum absolute atomic E-state index is 12.7. The third-order valence-corrected chi connectivity index (χ3v) is 8.72. The second kappa shape index (κ2) is 9.63. The van der Waals surface area contributed by atoms with Crippen LogP contribution in [0.3, 0.4) is 0 Å². The Kier molecular flexibility index (Phi) is 6.86. The van der Waals surface area contributed by atoms with E-state index in [1.165, 1.54) is 16.8 Å². The number of amides is 1. The molecule has 0 aliphatic carbocycles. The molecule has 2 fully saturated rings. The van der Waals surface area contributed by atoms with Gasteiger partial charge in [0.15, 0.2) is 0 Å². The van der Waals surface area contributed by atoms with Crippen molar-refractivity contribution in [1.29, 1.82) is 0 Å². The zero-order valence-electron chi connectivity index (χ0n) is 19.1. The van der Waals surface area contributed by atoms with Crippen LogP contribution in [-0.4, -0.2) is 62.8 Å². The fraction of sp³-hybridized carbons (Fsp3) is 0.480. The molecule has 172 valence electrons. The summed E-state index contributed by atoms with van der Waals surface area (Å²) in [6, 6.07) is 13.4. The molecular formula is C25H33N3O3S. The summed E-state index contributed by atoms with van der Waals surface area (Å²) < 4.78 is 26.9. The number of piperazine rings is 1. The Hall–Kier alpha value is -2.38. The van der Waals surface area contributed by atoms with Crippen molar-refractivity contribution >= 4 is 21.6 Å². The van der Waals surface area contributed by atoms with E-state index in [-0.39, 0.29) is 5.91 Å². The molecule has 2 heterocycles. The van der Waals surface area contributed by atoms with Gasteiger partial charge < -0.3 is 9.80 Å². The number of hydrogen-bond acceptors (Lipinski definition) is 4. The fourth-order valence-electron chi connectivity index (χ4n) is 4.59. The third-order valence-electron chi connectivity index (χ3n) is 6.80. The zero-order chi connectivity index (χ0) is 22.7. The first-order chi connectivity index (χ1) is 15.4. The first kappa shape index (κ1) is 22.8. The molecule has 0 N–H and O–H groups in total. The maximum Gasteiger partial charge on any atom is 0.243 e. The monoisotopic (exact) mass is 455 g/mol. The average molecular weight is 456 g/mol. The summed E-state index contributed by atoms with van der Waals surface area (Å²) in [6.45, 7) is 8.66. The summed E-state index contributed by atoms with van der Waals surface area (Å²) in [7, 11) is -3.38. The largest absolute Gasteiger partial charge is 0.368 e. The molecule has 0 unspecified atom stereocenters.